The van der Waals surface area contributed by atoms with Crippen LogP contribution in [0, 0.1) is 11.3 Å². The molecule has 1 aromatic heterocycles. The smallest absolute Gasteiger partial charge is 0.314 e. The molecular weight excluding hydrogens is 398 g/mol. The van der Waals surface area contributed by atoms with Crippen LogP contribution in [0.15, 0.2) is 18.3 Å². The van der Waals surface area contributed by atoms with E-state index in [2.05, 4.69) is 9.88 Å². The summed E-state index contributed by atoms with van der Waals surface area (Å²) in [5, 5.41) is 0. The Balaban J connectivity index is 1.55. The van der Waals surface area contributed by atoms with Crippen LogP contribution in [-0.4, -0.2) is 85.8 Å². The third-order valence-electron chi connectivity index (χ3n) is 7.21. The molecule has 3 aliphatic rings. The molecule has 3 atom stereocenters. The van der Waals surface area contributed by atoms with Crippen LogP contribution in [0.5, 0.6) is 5.88 Å². The number of nitrogens with zero attached hydrogens (tertiary/aromatic N) is 3. The standard InChI is InChI=1S/C23H33N3O5/c1-3-31-22(28)23-8-6-18(25-11-13-30-14-12-25)15-17(23)7-10-26(16-23)21(27)19-5-4-9-24-20(19)29-2/h4-5,9,17-18H,3,6-8,10-16H2,1-2H3/t17-,18-,23-/m1/s1. The third-order valence-corrected chi connectivity index (χ3v) is 7.21. The number of methoxy groups -OCH3 is 1. The number of rotatable bonds is 5. The Hall–Kier alpha value is -2.19. The highest BCUT2D eigenvalue weighted by molar-refractivity contribution is 5.97. The van der Waals surface area contributed by atoms with Crippen molar-refractivity contribution in [2.75, 3.05) is 53.1 Å². The SMILES string of the molecule is CCOC(=O)[C@@]12CC[C@@H](N3CCOCC3)C[C@H]1CCN(C(=O)c1cccnc1OC)C2. The maximum atomic E-state index is 13.3. The number of ether oxygens (including phenoxy) is 3. The van der Waals surface area contributed by atoms with Crippen molar-refractivity contribution >= 4 is 11.9 Å². The molecule has 0 bridgehead atoms. The molecular formula is C23H33N3O5. The third kappa shape index (κ3) is 4.28. The van der Waals surface area contributed by atoms with Crippen molar-refractivity contribution in [2.45, 2.75) is 38.6 Å². The second kappa shape index (κ2) is 9.53. The zero-order valence-electron chi connectivity index (χ0n) is 18.5. The average molecular weight is 432 g/mol. The number of esters is 1. The quantitative estimate of drug-likeness (QED) is 0.660. The number of aromatic nitrogens is 1. The van der Waals surface area contributed by atoms with Gasteiger partial charge in [0.25, 0.3) is 5.91 Å². The van der Waals surface area contributed by atoms with Crippen molar-refractivity contribution in [3.63, 3.8) is 0 Å². The van der Waals surface area contributed by atoms with Gasteiger partial charge >= 0.3 is 5.97 Å². The molecule has 0 spiro atoms. The van der Waals surface area contributed by atoms with E-state index in [4.69, 9.17) is 14.2 Å². The van der Waals surface area contributed by atoms with Crippen molar-refractivity contribution in [1.29, 1.82) is 0 Å². The predicted octanol–water partition coefficient (Wildman–Crippen LogP) is 1.99. The Labute approximate surface area is 183 Å². The molecule has 0 radical (unpaired) electrons. The van der Waals surface area contributed by atoms with Crippen LogP contribution < -0.4 is 4.74 Å². The average Bonchev–Trinajstić information content (AvgIpc) is 2.83. The fourth-order valence-electron chi connectivity index (χ4n) is 5.58. The number of morpholine rings is 1. The van der Waals surface area contributed by atoms with Gasteiger partial charge < -0.3 is 19.1 Å². The number of pyridine rings is 1. The topological polar surface area (TPSA) is 81.2 Å². The van der Waals surface area contributed by atoms with Crippen molar-refractivity contribution < 1.29 is 23.8 Å². The lowest BCUT2D eigenvalue weighted by atomic mass is 9.61. The fourth-order valence-corrected chi connectivity index (χ4v) is 5.58. The monoisotopic (exact) mass is 431 g/mol. The molecule has 2 saturated heterocycles. The first kappa shape index (κ1) is 22.0. The van der Waals surface area contributed by atoms with Crippen LogP contribution in [0.4, 0.5) is 0 Å². The van der Waals surface area contributed by atoms with E-state index >= 15 is 0 Å². The molecule has 8 heteroatoms. The molecule has 4 rings (SSSR count). The molecule has 31 heavy (non-hydrogen) atoms. The number of carbonyl (C=O) groups is 2. The Kier molecular flexibility index (Phi) is 6.77. The van der Waals surface area contributed by atoms with Crippen LogP contribution in [-0.2, 0) is 14.3 Å². The number of carbonyl (C=O) groups excluding carboxylic acids is 2. The van der Waals surface area contributed by atoms with E-state index in [1.807, 2.05) is 6.92 Å². The second-order valence-corrected chi connectivity index (χ2v) is 8.73. The number of likely N-dealkylation sites (tertiary alicyclic amines) is 1. The first-order chi connectivity index (χ1) is 15.1. The molecule has 1 aromatic rings. The van der Waals surface area contributed by atoms with Crippen LogP contribution in [0.25, 0.3) is 0 Å². The van der Waals surface area contributed by atoms with E-state index in [-0.39, 0.29) is 17.8 Å². The minimum atomic E-state index is -0.637. The van der Waals surface area contributed by atoms with Crippen LogP contribution in [0.2, 0.25) is 0 Å². The maximum Gasteiger partial charge on any atom is 0.314 e. The zero-order valence-corrected chi connectivity index (χ0v) is 18.5. The lowest BCUT2D eigenvalue weighted by molar-refractivity contribution is -0.168. The molecule has 8 nitrogen and oxygen atoms in total. The normalized spacial score (nSPS) is 29.2. The maximum absolute atomic E-state index is 13.3. The number of hydrogen-bond acceptors (Lipinski definition) is 7. The van der Waals surface area contributed by atoms with Gasteiger partial charge in [-0.15, -0.1) is 0 Å². The van der Waals surface area contributed by atoms with Crippen LogP contribution in [0.1, 0.15) is 43.0 Å². The number of fused-ring (bicyclic) bond motifs is 1. The minimum absolute atomic E-state index is 0.137. The van der Waals surface area contributed by atoms with E-state index in [0.717, 1.165) is 52.0 Å². The molecule has 0 unspecified atom stereocenters. The number of piperidine rings is 1. The lowest BCUT2D eigenvalue weighted by Crippen LogP contribution is -2.59. The van der Waals surface area contributed by atoms with Gasteiger partial charge in [-0.25, -0.2) is 4.98 Å². The highest BCUT2D eigenvalue weighted by Crippen LogP contribution is 2.48. The molecule has 1 saturated carbocycles. The predicted molar refractivity (Wildman–Crippen MR) is 114 cm³/mol. The van der Waals surface area contributed by atoms with Gasteiger partial charge in [0.15, 0.2) is 0 Å². The summed E-state index contributed by atoms with van der Waals surface area (Å²) in [6, 6.07) is 3.93. The van der Waals surface area contributed by atoms with Crippen molar-refractivity contribution in [3.05, 3.63) is 23.9 Å². The molecule has 1 aliphatic carbocycles. The number of hydrogen-bond donors (Lipinski definition) is 0. The number of amides is 1. The summed E-state index contributed by atoms with van der Waals surface area (Å²) >= 11 is 0. The fraction of sp³-hybridized carbons (Fsp3) is 0.696. The van der Waals surface area contributed by atoms with Crippen molar-refractivity contribution in [2.24, 2.45) is 11.3 Å². The van der Waals surface area contributed by atoms with Gasteiger partial charge in [-0.05, 0) is 50.7 Å². The summed E-state index contributed by atoms with van der Waals surface area (Å²) in [5.74, 6) is 0.238. The minimum Gasteiger partial charge on any atom is -0.480 e. The van der Waals surface area contributed by atoms with Crippen LogP contribution >= 0.6 is 0 Å². The van der Waals surface area contributed by atoms with Crippen molar-refractivity contribution in [3.8, 4) is 5.88 Å². The summed E-state index contributed by atoms with van der Waals surface area (Å²) in [7, 11) is 1.51. The van der Waals surface area contributed by atoms with Gasteiger partial charge in [0.1, 0.15) is 5.56 Å². The van der Waals surface area contributed by atoms with E-state index in [0.29, 0.717) is 37.2 Å². The van der Waals surface area contributed by atoms with Gasteiger partial charge in [0, 0.05) is 38.4 Å². The Morgan fingerprint density at radius 3 is 2.81 bits per heavy atom. The van der Waals surface area contributed by atoms with E-state index in [9.17, 15) is 9.59 Å². The zero-order chi connectivity index (χ0) is 21.8. The Bertz CT molecular complexity index is 797. The van der Waals surface area contributed by atoms with E-state index < -0.39 is 5.41 Å². The van der Waals surface area contributed by atoms with Gasteiger partial charge in [-0.1, -0.05) is 0 Å². The highest BCUT2D eigenvalue weighted by Gasteiger charge is 2.54. The largest absolute Gasteiger partial charge is 0.480 e. The summed E-state index contributed by atoms with van der Waals surface area (Å²) in [6.07, 6.45) is 5.06. The van der Waals surface area contributed by atoms with E-state index in [1.54, 1.807) is 23.2 Å². The van der Waals surface area contributed by atoms with Gasteiger partial charge in [0.05, 0.1) is 32.3 Å². The van der Waals surface area contributed by atoms with Gasteiger partial charge in [-0.2, -0.15) is 0 Å². The molecule has 170 valence electrons. The molecule has 3 heterocycles. The molecule has 1 amide bonds. The van der Waals surface area contributed by atoms with Gasteiger partial charge in [-0.3, -0.25) is 14.5 Å². The summed E-state index contributed by atoms with van der Waals surface area (Å²) in [6.45, 7) is 6.67. The molecule has 0 N–H and O–H groups in total. The summed E-state index contributed by atoms with van der Waals surface area (Å²) in [4.78, 5) is 35.0. The Morgan fingerprint density at radius 1 is 1.26 bits per heavy atom. The van der Waals surface area contributed by atoms with Crippen molar-refractivity contribution in [1.82, 2.24) is 14.8 Å². The molecule has 3 fully saturated rings. The molecule has 2 aliphatic heterocycles. The summed E-state index contributed by atoms with van der Waals surface area (Å²) < 4.78 is 16.4. The highest BCUT2D eigenvalue weighted by atomic mass is 16.5. The molecule has 0 aromatic carbocycles. The van der Waals surface area contributed by atoms with Crippen LogP contribution in [0.3, 0.4) is 0 Å². The first-order valence-electron chi connectivity index (χ1n) is 11.4. The lowest BCUT2D eigenvalue weighted by Gasteiger charge is -2.52. The van der Waals surface area contributed by atoms with Gasteiger partial charge in [0.2, 0.25) is 5.88 Å². The van der Waals surface area contributed by atoms with E-state index in [1.165, 1.54) is 7.11 Å². The summed E-state index contributed by atoms with van der Waals surface area (Å²) in [5.41, 5.74) is -0.202. The second-order valence-electron chi connectivity index (χ2n) is 8.73. The first-order valence-corrected chi connectivity index (χ1v) is 11.4. The Morgan fingerprint density at radius 2 is 2.06 bits per heavy atom.